The number of hydrogen-bond donors (Lipinski definition) is 2. The highest BCUT2D eigenvalue weighted by Gasteiger charge is 2.15. The molecular weight excluding hydrogens is 446 g/mol. The molecule has 2 N–H and O–H groups in total. The van der Waals surface area contributed by atoms with E-state index in [4.69, 9.17) is 11.6 Å². The molecule has 2 aromatic carbocycles. The number of anilines is 1. The number of halogens is 1. The number of carbonyl (C=O) groups excluding carboxylic acids is 2. The Morgan fingerprint density at radius 1 is 1.16 bits per heavy atom. The predicted octanol–water partition coefficient (Wildman–Crippen LogP) is 4.40. The van der Waals surface area contributed by atoms with Gasteiger partial charge in [0.05, 0.1) is 12.3 Å². The molecule has 0 bridgehead atoms. The van der Waals surface area contributed by atoms with Gasteiger partial charge < -0.3 is 15.2 Å². The Balaban J connectivity index is 1.61. The highest BCUT2D eigenvalue weighted by Crippen LogP contribution is 2.21. The first-order valence-corrected chi connectivity index (χ1v) is 11.3. The molecule has 0 aliphatic rings. The summed E-state index contributed by atoms with van der Waals surface area (Å²) in [5.74, 6) is 0.391. The number of rotatable bonds is 9. The lowest BCUT2D eigenvalue weighted by molar-refractivity contribution is -0.113. The van der Waals surface area contributed by atoms with E-state index in [0.29, 0.717) is 33.8 Å². The lowest BCUT2D eigenvalue weighted by atomic mass is 10.1. The van der Waals surface area contributed by atoms with Crippen LogP contribution in [0.25, 0.3) is 0 Å². The number of benzene rings is 2. The zero-order valence-corrected chi connectivity index (χ0v) is 19.5. The van der Waals surface area contributed by atoms with Crippen LogP contribution < -0.4 is 10.6 Å². The van der Waals surface area contributed by atoms with Gasteiger partial charge in [0.1, 0.15) is 0 Å². The Labute approximate surface area is 196 Å². The lowest BCUT2D eigenvalue weighted by Crippen LogP contribution is -2.24. The van der Waals surface area contributed by atoms with E-state index < -0.39 is 0 Å². The second kappa shape index (κ2) is 11.0. The molecule has 32 heavy (non-hydrogen) atoms. The summed E-state index contributed by atoms with van der Waals surface area (Å²) >= 11 is 7.23. The van der Waals surface area contributed by atoms with Crippen LogP contribution in [0.1, 0.15) is 27.3 Å². The van der Waals surface area contributed by atoms with Gasteiger partial charge in [-0.15, -0.1) is 16.8 Å². The van der Waals surface area contributed by atoms with Crippen molar-refractivity contribution in [2.45, 2.75) is 32.1 Å². The van der Waals surface area contributed by atoms with Crippen LogP contribution in [0, 0.1) is 13.8 Å². The molecular formula is C23H24ClN5O2S. The van der Waals surface area contributed by atoms with Crippen molar-refractivity contribution in [3.63, 3.8) is 0 Å². The van der Waals surface area contributed by atoms with Crippen LogP contribution in [-0.2, 0) is 17.9 Å². The minimum absolute atomic E-state index is 0.160. The largest absolute Gasteiger partial charge is 0.345 e. The Bertz CT molecular complexity index is 1130. The fraction of sp³-hybridized carbons (Fsp3) is 0.217. The molecule has 2 amide bonds. The summed E-state index contributed by atoms with van der Waals surface area (Å²) < 4.78 is 1.83. The van der Waals surface area contributed by atoms with E-state index in [1.807, 2.05) is 30.5 Å². The quantitative estimate of drug-likeness (QED) is 0.358. The molecule has 0 aliphatic heterocycles. The molecule has 0 saturated carbocycles. The molecule has 3 rings (SSSR count). The third kappa shape index (κ3) is 6.21. The van der Waals surface area contributed by atoms with E-state index >= 15 is 0 Å². The van der Waals surface area contributed by atoms with Crippen molar-refractivity contribution in [3.8, 4) is 0 Å². The van der Waals surface area contributed by atoms with E-state index in [-0.39, 0.29) is 24.1 Å². The van der Waals surface area contributed by atoms with Crippen molar-refractivity contribution in [1.82, 2.24) is 20.1 Å². The fourth-order valence-corrected chi connectivity index (χ4v) is 3.91. The van der Waals surface area contributed by atoms with Crippen LogP contribution in [0.15, 0.2) is 60.3 Å². The number of allylic oxidation sites excluding steroid dienone is 1. The number of amides is 2. The van der Waals surface area contributed by atoms with Crippen molar-refractivity contribution in [1.29, 1.82) is 0 Å². The van der Waals surface area contributed by atoms with Crippen molar-refractivity contribution >= 4 is 40.9 Å². The van der Waals surface area contributed by atoms with E-state index in [1.165, 1.54) is 11.8 Å². The first-order valence-electron chi connectivity index (χ1n) is 9.94. The molecule has 9 heteroatoms. The normalized spacial score (nSPS) is 10.6. The highest BCUT2D eigenvalue weighted by atomic mass is 35.5. The molecule has 0 fully saturated rings. The SMILES string of the molecule is C=CCn1c(CNC(=O)c2ccc(C)cc2)nnc1SCC(=O)Nc1ccc(Cl)cc1C. The minimum Gasteiger partial charge on any atom is -0.345 e. The van der Waals surface area contributed by atoms with E-state index in [0.717, 1.165) is 11.1 Å². The molecule has 7 nitrogen and oxygen atoms in total. The summed E-state index contributed by atoms with van der Waals surface area (Å²) in [4.78, 5) is 24.8. The predicted molar refractivity (Wildman–Crippen MR) is 128 cm³/mol. The molecule has 1 aromatic heterocycles. The Kier molecular flexibility index (Phi) is 8.08. The Morgan fingerprint density at radius 2 is 1.91 bits per heavy atom. The molecule has 0 radical (unpaired) electrons. The highest BCUT2D eigenvalue weighted by molar-refractivity contribution is 7.99. The maximum Gasteiger partial charge on any atom is 0.251 e. The number of aryl methyl sites for hydroxylation is 2. The first-order chi connectivity index (χ1) is 15.4. The van der Waals surface area contributed by atoms with Gasteiger partial charge in [0.25, 0.3) is 5.91 Å². The van der Waals surface area contributed by atoms with Gasteiger partial charge in [0.15, 0.2) is 11.0 Å². The molecule has 0 atom stereocenters. The van der Waals surface area contributed by atoms with Gasteiger partial charge >= 0.3 is 0 Å². The van der Waals surface area contributed by atoms with Gasteiger partial charge in [-0.25, -0.2) is 0 Å². The summed E-state index contributed by atoms with van der Waals surface area (Å²) in [6.07, 6.45) is 1.72. The topological polar surface area (TPSA) is 88.9 Å². The number of hydrogen-bond acceptors (Lipinski definition) is 5. The van der Waals surface area contributed by atoms with Crippen molar-refractivity contribution in [2.24, 2.45) is 0 Å². The van der Waals surface area contributed by atoms with Gasteiger partial charge in [-0.1, -0.05) is 47.1 Å². The zero-order valence-electron chi connectivity index (χ0n) is 17.9. The van der Waals surface area contributed by atoms with Gasteiger partial charge in [-0.2, -0.15) is 0 Å². The lowest BCUT2D eigenvalue weighted by Gasteiger charge is -2.10. The third-order valence-corrected chi connectivity index (χ3v) is 5.82. The Hall–Kier alpha value is -3.10. The number of aromatic nitrogens is 3. The Morgan fingerprint density at radius 3 is 2.59 bits per heavy atom. The van der Waals surface area contributed by atoms with Crippen molar-refractivity contribution in [2.75, 3.05) is 11.1 Å². The van der Waals surface area contributed by atoms with E-state index in [1.54, 1.807) is 36.4 Å². The second-order valence-electron chi connectivity index (χ2n) is 7.14. The average molecular weight is 470 g/mol. The van der Waals surface area contributed by atoms with Crippen LogP contribution in [0.2, 0.25) is 5.02 Å². The fourth-order valence-electron chi connectivity index (χ4n) is 2.92. The van der Waals surface area contributed by atoms with Gasteiger partial charge in [-0.05, 0) is 49.7 Å². The summed E-state index contributed by atoms with van der Waals surface area (Å²) in [5.41, 5.74) is 3.27. The molecule has 1 heterocycles. The zero-order chi connectivity index (χ0) is 23.1. The third-order valence-electron chi connectivity index (χ3n) is 4.62. The molecule has 0 unspecified atom stereocenters. The molecule has 166 valence electrons. The van der Waals surface area contributed by atoms with E-state index in [2.05, 4.69) is 27.4 Å². The summed E-state index contributed by atoms with van der Waals surface area (Å²) in [5, 5.41) is 15.3. The van der Waals surface area contributed by atoms with Crippen LogP contribution in [0.4, 0.5) is 5.69 Å². The molecule has 0 spiro atoms. The monoisotopic (exact) mass is 469 g/mol. The summed E-state index contributed by atoms with van der Waals surface area (Å²) in [6, 6.07) is 12.6. The van der Waals surface area contributed by atoms with Crippen LogP contribution >= 0.6 is 23.4 Å². The summed E-state index contributed by atoms with van der Waals surface area (Å²) in [7, 11) is 0. The average Bonchev–Trinajstić information content (AvgIpc) is 3.15. The van der Waals surface area contributed by atoms with Crippen LogP contribution in [-0.4, -0.2) is 32.3 Å². The van der Waals surface area contributed by atoms with Crippen LogP contribution in [0.5, 0.6) is 0 Å². The number of nitrogens with zero attached hydrogens (tertiary/aromatic N) is 3. The maximum atomic E-state index is 12.4. The van der Waals surface area contributed by atoms with Crippen LogP contribution in [0.3, 0.4) is 0 Å². The standard InChI is InChI=1S/C23H24ClN5O2S/c1-4-11-29-20(13-25-22(31)17-7-5-15(2)6-8-17)27-28-23(29)32-14-21(30)26-19-10-9-18(24)12-16(19)3/h4-10,12H,1,11,13-14H2,2-3H3,(H,25,31)(H,26,30). The molecule has 0 aliphatic carbocycles. The van der Waals surface area contributed by atoms with Crippen molar-refractivity contribution < 1.29 is 9.59 Å². The molecule has 3 aromatic rings. The number of carbonyl (C=O) groups is 2. The molecule has 0 saturated heterocycles. The van der Waals surface area contributed by atoms with Gasteiger partial charge in [0.2, 0.25) is 5.91 Å². The van der Waals surface area contributed by atoms with Gasteiger partial charge in [0, 0.05) is 22.8 Å². The van der Waals surface area contributed by atoms with Gasteiger partial charge in [-0.3, -0.25) is 9.59 Å². The second-order valence-corrected chi connectivity index (χ2v) is 8.52. The smallest absolute Gasteiger partial charge is 0.251 e. The number of thioether (sulfide) groups is 1. The maximum absolute atomic E-state index is 12.4. The van der Waals surface area contributed by atoms with Crippen molar-refractivity contribution in [3.05, 3.63) is 82.7 Å². The first kappa shape index (κ1) is 23.6. The summed E-state index contributed by atoms with van der Waals surface area (Å²) in [6.45, 7) is 8.30. The minimum atomic E-state index is -0.190. The van der Waals surface area contributed by atoms with E-state index in [9.17, 15) is 9.59 Å². The number of nitrogens with one attached hydrogen (secondary N) is 2.